The summed E-state index contributed by atoms with van der Waals surface area (Å²) in [6.07, 6.45) is 3.89. The molecule has 63 valence electrons. The largest absolute Gasteiger partial charge is 0.461 e. The fraction of sp³-hybridized carbons (Fsp3) is 0.556. The third-order valence-corrected chi connectivity index (χ3v) is 1.10. The first-order valence-corrected chi connectivity index (χ1v) is 3.77. The van der Waals surface area contributed by atoms with Crippen LogP contribution in [0.2, 0.25) is 0 Å². The molecule has 0 unspecified atom stereocenters. The maximum Gasteiger partial charge on any atom is 0.310 e. The number of rotatable bonds is 5. The molecule has 0 aliphatic heterocycles. The highest BCUT2D eigenvalue weighted by atomic mass is 16.5. The Morgan fingerprint density at radius 1 is 1.64 bits per heavy atom. The van der Waals surface area contributed by atoms with Crippen LogP contribution in [0.3, 0.4) is 0 Å². The van der Waals surface area contributed by atoms with Crippen LogP contribution in [0, 0.1) is 12.3 Å². The minimum atomic E-state index is -0.251. The molecule has 0 aromatic rings. The highest BCUT2D eigenvalue weighted by Crippen LogP contribution is 2.02. The maximum absolute atomic E-state index is 10.8. The molecule has 2 nitrogen and oxygen atoms in total. The number of carbonyl (C=O) groups is 1. The zero-order valence-electron chi connectivity index (χ0n) is 7.17. The smallest absolute Gasteiger partial charge is 0.310 e. The first kappa shape index (κ1) is 10.2. The second-order valence-electron chi connectivity index (χ2n) is 2.75. The summed E-state index contributed by atoms with van der Waals surface area (Å²) in [6, 6.07) is 0. The third-order valence-electron chi connectivity index (χ3n) is 1.10. The number of carbonyl (C=O) groups excluding carboxylic acids is 1. The minimum absolute atomic E-state index is 0.251. The van der Waals surface area contributed by atoms with E-state index in [1.165, 1.54) is 0 Å². The van der Waals surface area contributed by atoms with E-state index in [1.807, 2.05) is 0 Å². The van der Waals surface area contributed by atoms with Gasteiger partial charge in [-0.1, -0.05) is 26.5 Å². The molecule has 0 aliphatic rings. The lowest BCUT2D eigenvalue weighted by Gasteiger charge is -2.02. The number of hydrogen-bond acceptors (Lipinski definition) is 2. The fourth-order valence-corrected chi connectivity index (χ4v) is 0.532. The first-order chi connectivity index (χ1) is 5.16. The van der Waals surface area contributed by atoms with Gasteiger partial charge in [-0.05, 0) is 12.3 Å². The van der Waals surface area contributed by atoms with Gasteiger partial charge >= 0.3 is 5.97 Å². The summed E-state index contributed by atoms with van der Waals surface area (Å²) in [5, 5.41) is 0. The first-order valence-electron chi connectivity index (χ1n) is 3.77. The summed E-state index contributed by atoms with van der Waals surface area (Å²) in [7, 11) is 0. The predicted octanol–water partition coefficient (Wildman–Crippen LogP) is 1.97. The molecule has 0 heterocycles. The summed E-state index contributed by atoms with van der Waals surface area (Å²) in [4.78, 5) is 10.8. The lowest BCUT2D eigenvalue weighted by Crippen LogP contribution is -2.06. The predicted molar refractivity (Wildman–Crippen MR) is 44.9 cm³/mol. The van der Waals surface area contributed by atoms with Crippen molar-refractivity contribution >= 4 is 5.97 Å². The molecule has 0 saturated carbocycles. The van der Waals surface area contributed by atoms with Crippen molar-refractivity contribution in [3.05, 3.63) is 19.1 Å². The van der Waals surface area contributed by atoms with Crippen LogP contribution in [0.25, 0.3) is 0 Å². The van der Waals surface area contributed by atoms with Gasteiger partial charge in [0.05, 0.1) is 6.42 Å². The van der Waals surface area contributed by atoms with Gasteiger partial charge in [-0.3, -0.25) is 4.79 Å². The van der Waals surface area contributed by atoms with Crippen molar-refractivity contribution in [3.8, 4) is 0 Å². The highest BCUT2D eigenvalue weighted by molar-refractivity contribution is 5.78. The molecule has 0 rings (SSSR count). The van der Waals surface area contributed by atoms with Crippen molar-refractivity contribution in [2.45, 2.75) is 20.3 Å². The van der Waals surface area contributed by atoms with E-state index in [2.05, 4.69) is 20.4 Å². The molecule has 11 heavy (non-hydrogen) atoms. The second kappa shape index (κ2) is 5.96. The summed E-state index contributed by atoms with van der Waals surface area (Å²) in [5.41, 5.74) is 0. The van der Waals surface area contributed by atoms with Crippen LogP contribution < -0.4 is 0 Å². The van der Waals surface area contributed by atoms with Crippen molar-refractivity contribution in [3.63, 3.8) is 0 Å². The Morgan fingerprint density at radius 2 is 2.27 bits per heavy atom. The van der Waals surface area contributed by atoms with Crippen LogP contribution in [0.1, 0.15) is 20.3 Å². The van der Waals surface area contributed by atoms with Crippen molar-refractivity contribution in [1.82, 2.24) is 0 Å². The topological polar surface area (TPSA) is 26.3 Å². The number of hydrogen-bond donors (Lipinski definition) is 0. The Labute approximate surface area is 68.2 Å². The summed E-state index contributed by atoms with van der Waals surface area (Å²) in [5.74, 6) is 0.255. The van der Waals surface area contributed by atoms with Gasteiger partial charge in [0.2, 0.25) is 0 Å². The standard InChI is InChI=1S/C9H15O2/c1-4-7-11-9(10)6-5-8(2)3/h4,6,8H,1,5,7H2,2-3H3. The molecule has 0 fully saturated rings. The average Bonchev–Trinajstić information content (AvgIpc) is 1.97. The molecule has 0 aliphatic carbocycles. The molecule has 0 saturated heterocycles. The van der Waals surface area contributed by atoms with E-state index in [0.717, 1.165) is 6.42 Å². The SMILES string of the molecule is C=CCOC(=O)[CH]CC(C)C. The molecule has 0 bridgehead atoms. The van der Waals surface area contributed by atoms with Gasteiger partial charge in [0.25, 0.3) is 0 Å². The van der Waals surface area contributed by atoms with Crippen LogP contribution in [-0.4, -0.2) is 12.6 Å². The molecule has 0 amide bonds. The summed E-state index contributed by atoms with van der Waals surface area (Å²) in [6.45, 7) is 7.84. The molecule has 0 N–H and O–H groups in total. The van der Waals surface area contributed by atoms with Gasteiger partial charge in [0.1, 0.15) is 6.61 Å². The Balaban J connectivity index is 3.29. The molecular formula is C9H15O2. The van der Waals surface area contributed by atoms with Crippen molar-refractivity contribution in [2.24, 2.45) is 5.92 Å². The Bertz CT molecular complexity index is 128. The van der Waals surface area contributed by atoms with Crippen LogP contribution >= 0.6 is 0 Å². The average molecular weight is 155 g/mol. The molecule has 2 heteroatoms. The van der Waals surface area contributed by atoms with Crippen molar-refractivity contribution in [2.75, 3.05) is 6.61 Å². The Kier molecular flexibility index (Phi) is 5.53. The lowest BCUT2D eigenvalue weighted by molar-refractivity contribution is -0.138. The third kappa shape index (κ3) is 7.10. The molecule has 0 atom stereocenters. The summed E-state index contributed by atoms with van der Waals surface area (Å²) < 4.78 is 4.73. The van der Waals surface area contributed by atoms with E-state index in [9.17, 15) is 4.79 Å². The normalized spacial score (nSPS) is 9.73. The number of ether oxygens (including phenoxy) is 1. The molecule has 1 radical (unpaired) electrons. The Morgan fingerprint density at radius 3 is 2.73 bits per heavy atom. The van der Waals surface area contributed by atoms with E-state index in [-0.39, 0.29) is 5.97 Å². The van der Waals surface area contributed by atoms with Gasteiger partial charge < -0.3 is 4.74 Å². The number of esters is 1. The monoisotopic (exact) mass is 155 g/mol. The minimum Gasteiger partial charge on any atom is -0.461 e. The zero-order valence-corrected chi connectivity index (χ0v) is 7.17. The van der Waals surface area contributed by atoms with Crippen molar-refractivity contribution < 1.29 is 9.53 Å². The van der Waals surface area contributed by atoms with E-state index in [4.69, 9.17) is 4.74 Å². The zero-order chi connectivity index (χ0) is 8.69. The van der Waals surface area contributed by atoms with Gasteiger partial charge in [0.15, 0.2) is 0 Å². The fourth-order valence-electron chi connectivity index (χ4n) is 0.532. The Hall–Kier alpha value is -0.790. The maximum atomic E-state index is 10.8. The van der Waals surface area contributed by atoms with E-state index in [0.29, 0.717) is 12.5 Å². The molecular weight excluding hydrogens is 140 g/mol. The molecule has 0 spiro atoms. The van der Waals surface area contributed by atoms with Gasteiger partial charge in [-0.25, -0.2) is 0 Å². The van der Waals surface area contributed by atoms with Crippen LogP contribution in [0.4, 0.5) is 0 Å². The lowest BCUT2D eigenvalue weighted by atomic mass is 10.1. The van der Waals surface area contributed by atoms with E-state index in [1.54, 1.807) is 12.5 Å². The molecule has 0 aromatic carbocycles. The van der Waals surface area contributed by atoms with Gasteiger partial charge in [-0.15, -0.1) is 0 Å². The summed E-state index contributed by atoms with van der Waals surface area (Å²) >= 11 is 0. The van der Waals surface area contributed by atoms with Crippen LogP contribution in [-0.2, 0) is 9.53 Å². The van der Waals surface area contributed by atoms with Crippen molar-refractivity contribution in [1.29, 1.82) is 0 Å². The van der Waals surface area contributed by atoms with Crippen LogP contribution in [0.5, 0.6) is 0 Å². The highest BCUT2D eigenvalue weighted by Gasteiger charge is 2.03. The quantitative estimate of drug-likeness (QED) is 0.448. The molecule has 0 aromatic heterocycles. The van der Waals surface area contributed by atoms with Gasteiger partial charge in [-0.2, -0.15) is 0 Å². The van der Waals surface area contributed by atoms with Crippen LogP contribution in [0.15, 0.2) is 12.7 Å². The van der Waals surface area contributed by atoms with Gasteiger partial charge in [0, 0.05) is 0 Å². The van der Waals surface area contributed by atoms with E-state index >= 15 is 0 Å². The van der Waals surface area contributed by atoms with E-state index < -0.39 is 0 Å². The second-order valence-corrected chi connectivity index (χ2v) is 2.75.